The molecule has 6 heteroatoms. The van der Waals surface area contributed by atoms with E-state index >= 15 is 0 Å². The lowest BCUT2D eigenvalue weighted by molar-refractivity contribution is -0.138. The Kier molecular flexibility index (Phi) is 6.52. The lowest BCUT2D eigenvalue weighted by Crippen LogP contribution is -2.37. The van der Waals surface area contributed by atoms with Crippen LogP contribution in [0, 0.1) is 0 Å². The van der Waals surface area contributed by atoms with Crippen LogP contribution in [0.15, 0.2) is 0 Å². The molecule has 0 unspecified atom stereocenters. The molecule has 0 saturated heterocycles. The average Bonchev–Trinajstić information content (AvgIpc) is 2.19. The Balaban J connectivity index is 3.94. The molecule has 0 aromatic carbocycles. The molecular formula is C12H24O5S. The minimum atomic E-state index is -2.70. The Bertz CT molecular complexity index is 327. The molecule has 0 atom stereocenters. The summed E-state index contributed by atoms with van der Waals surface area (Å²) in [4.78, 5) is 20.7. The fourth-order valence-corrected chi connectivity index (χ4v) is 4.17. The topological polar surface area (TPSA) is 91.7 Å². The first kappa shape index (κ1) is 17.1. The third-order valence-electron chi connectivity index (χ3n) is 2.84. The molecule has 0 aliphatic carbocycles. The molecule has 5 nitrogen and oxygen atoms in total. The van der Waals surface area contributed by atoms with Crippen molar-refractivity contribution >= 4 is 21.0 Å². The summed E-state index contributed by atoms with van der Waals surface area (Å²) in [6.07, 6.45) is 6.07. The van der Waals surface area contributed by atoms with Crippen LogP contribution in [0.2, 0.25) is 0 Å². The smallest absolute Gasteiger partial charge is 0.303 e. The Morgan fingerprint density at radius 2 is 1.17 bits per heavy atom. The molecule has 0 aliphatic heterocycles. The molecule has 0 radical (unpaired) electrons. The maximum Gasteiger partial charge on any atom is 0.303 e. The largest absolute Gasteiger partial charge is 0.481 e. The van der Waals surface area contributed by atoms with Gasteiger partial charge >= 0.3 is 11.9 Å². The molecule has 0 aliphatic rings. The van der Waals surface area contributed by atoms with Crippen molar-refractivity contribution in [2.45, 2.75) is 38.5 Å². The van der Waals surface area contributed by atoms with E-state index in [0.29, 0.717) is 37.2 Å². The van der Waals surface area contributed by atoms with E-state index in [-0.39, 0.29) is 12.8 Å². The zero-order valence-electron chi connectivity index (χ0n) is 11.2. The van der Waals surface area contributed by atoms with Gasteiger partial charge in [0.05, 0.1) is 0 Å². The molecule has 0 spiro atoms. The second-order valence-corrected chi connectivity index (χ2v) is 10.9. The van der Waals surface area contributed by atoms with Crippen molar-refractivity contribution in [2.24, 2.45) is 0 Å². The molecule has 0 fully saturated rings. The Morgan fingerprint density at radius 1 is 0.833 bits per heavy atom. The van der Waals surface area contributed by atoms with E-state index in [9.17, 15) is 13.8 Å². The van der Waals surface area contributed by atoms with E-state index < -0.39 is 21.0 Å². The summed E-state index contributed by atoms with van der Waals surface area (Å²) in [5.41, 5.74) is 0. The van der Waals surface area contributed by atoms with Gasteiger partial charge in [0.25, 0.3) is 0 Å². The number of rotatable bonds is 10. The van der Waals surface area contributed by atoms with Crippen LogP contribution in [0.4, 0.5) is 0 Å². The molecule has 0 amide bonds. The van der Waals surface area contributed by atoms with Crippen molar-refractivity contribution in [2.75, 3.05) is 24.0 Å². The summed E-state index contributed by atoms with van der Waals surface area (Å²) in [6, 6.07) is 0. The van der Waals surface area contributed by atoms with Gasteiger partial charge in [-0.3, -0.25) is 13.8 Å². The predicted octanol–water partition coefficient (Wildman–Crippen LogP) is 1.58. The van der Waals surface area contributed by atoms with Crippen molar-refractivity contribution in [1.82, 2.24) is 0 Å². The SMILES string of the molecule is CS(C)(=O)(CCCCC(=O)O)CCCCC(=O)O. The number of carbonyl (C=O) groups is 2. The standard InChI is InChI=1S/C12H24O5S/c1-18(2,17,9-5-3-7-11(13)14)10-6-4-8-12(15)16/h3-10H2,1-2H3,(H,13,14)(H,15,16). The Hall–Kier alpha value is -0.910. The van der Waals surface area contributed by atoms with Crippen LogP contribution in [0.5, 0.6) is 0 Å². The van der Waals surface area contributed by atoms with Gasteiger partial charge in [0.1, 0.15) is 0 Å². The molecule has 18 heavy (non-hydrogen) atoms. The van der Waals surface area contributed by atoms with Crippen LogP contribution in [0.1, 0.15) is 38.5 Å². The van der Waals surface area contributed by atoms with Crippen LogP contribution in [0.3, 0.4) is 0 Å². The summed E-state index contributed by atoms with van der Waals surface area (Å²) in [7, 11) is -2.70. The van der Waals surface area contributed by atoms with Crippen molar-refractivity contribution < 1.29 is 24.0 Å². The van der Waals surface area contributed by atoms with E-state index in [1.807, 2.05) is 0 Å². The van der Waals surface area contributed by atoms with E-state index in [2.05, 4.69) is 0 Å². The van der Waals surface area contributed by atoms with Gasteiger partial charge in [0.2, 0.25) is 0 Å². The summed E-state index contributed by atoms with van der Waals surface area (Å²) in [5, 5.41) is 17.0. The molecule has 108 valence electrons. The first-order chi connectivity index (χ1) is 8.10. The zero-order valence-corrected chi connectivity index (χ0v) is 12.0. The van der Waals surface area contributed by atoms with Gasteiger partial charge in [0, 0.05) is 24.3 Å². The van der Waals surface area contributed by atoms with Crippen molar-refractivity contribution in [3.8, 4) is 0 Å². The zero-order chi connectivity index (χ0) is 14.3. The van der Waals surface area contributed by atoms with E-state index in [0.717, 1.165) is 0 Å². The second-order valence-electron chi connectivity index (χ2n) is 5.45. The van der Waals surface area contributed by atoms with Crippen LogP contribution >= 0.6 is 0 Å². The summed E-state index contributed by atoms with van der Waals surface area (Å²) < 4.78 is 12.6. The van der Waals surface area contributed by atoms with E-state index in [1.54, 1.807) is 12.5 Å². The second kappa shape index (κ2) is 6.87. The van der Waals surface area contributed by atoms with Crippen LogP contribution in [-0.2, 0) is 18.7 Å². The van der Waals surface area contributed by atoms with Gasteiger partial charge < -0.3 is 10.2 Å². The summed E-state index contributed by atoms with van der Waals surface area (Å²) in [6.45, 7) is 0. The molecule has 0 aromatic rings. The fraction of sp³-hybridized carbons (Fsp3) is 0.833. The number of hydrogen-bond acceptors (Lipinski definition) is 3. The maximum absolute atomic E-state index is 12.6. The minimum Gasteiger partial charge on any atom is -0.481 e. The highest BCUT2D eigenvalue weighted by atomic mass is 32.3. The van der Waals surface area contributed by atoms with Crippen LogP contribution < -0.4 is 0 Å². The molecule has 0 aromatic heterocycles. The number of unbranched alkanes of at least 4 members (excludes halogenated alkanes) is 2. The monoisotopic (exact) mass is 280 g/mol. The third kappa shape index (κ3) is 10.3. The highest BCUT2D eigenvalue weighted by Gasteiger charge is 2.24. The van der Waals surface area contributed by atoms with Crippen molar-refractivity contribution in [3.63, 3.8) is 0 Å². The van der Waals surface area contributed by atoms with Gasteiger partial charge in [-0.05, 0) is 38.2 Å². The number of carboxylic acid groups (broad SMARTS) is 2. The van der Waals surface area contributed by atoms with Crippen LogP contribution in [0.25, 0.3) is 0 Å². The minimum absolute atomic E-state index is 0.113. The lowest BCUT2D eigenvalue weighted by Gasteiger charge is -2.34. The number of aliphatic carboxylic acids is 2. The molecule has 0 bridgehead atoms. The fourth-order valence-electron chi connectivity index (χ4n) is 1.76. The van der Waals surface area contributed by atoms with Crippen molar-refractivity contribution in [3.05, 3.63) is 0 Å². The number of hydrogen-bond donors (Lipinski definition) is 2. The third-order valence-corrected chi connectivity index (χ3v) is 5.96. The highest BCUT2D eigenvalue weighted by Crippen LogP contribution is 2.22. The van der Waals surface area contributed by atoms with Crippen molar-refractivity contribution in [1.29, 1.82) is 0 Å². The average molecular weight is 280 g/mol. The van der Waals surface area contributed by atoms with E-state index in [1.165, 1.54) is 0 Å². The van der Waals surface area contributed by atoms with Gasteiger partial charge in [-0.2, -0.15) is 0 Å². The predicted molar refractivity (Wildman–Crippen MR) is 72.7 cm³/mol. The molecular weight excluding hydrogens is 256 g/mol. The maximum atomic E-state index is 12.6. The van der Waals surface area contributed by atoms with E-state index in [4.69, 9.17) is 10.2 Å². The van der Waals surface area contributed by atoms with Gasteiger partial charge in [-0.25, -0.2) is 0 Å². The Morgan fingerprint density at radius 3 is 1.44 bits per heavy atom. The number of carboxylic acids is 2. The van der Waals surface area contributed by atoms with Crippen LogP contribution in [-0.4, -0.2) is 50.4 Å². The highest BCUT2D eigenvalue weighted by molar-refractivity contribution is 8.18. The first-order valence-electron chi connectivity index (χ1n) is 6.12. The van der Waals surface area contributed by atoms with Gasteiger partial charge in [0.15, 0.2) is 0 Å². The first-order valence-corrected chi connectivity index (χ1v) is 9.24. The van der Waals surface area contributed by atoms with Gasteiger partial charge in [-0.1, -0.05) is 9.07 Å². The quantitative estimate of drug-likeness (QED) is 0.593. The molecule has 0 heterocycles. The molecule has 0 saturated carbocycles. The van der Waals surface area contributed by atoms with Gasteiger partial charge in [-0.15, -0.1) is 0 Å². The normalized spacial score (nSPS) is 13.8. The summed E-state index contributed by atoms with van der Waals surface area (Å²) in [5.74, 6) is -0.603. The summed E-state index contributed by atoms with van der Waals surface area (Å²) >= 11 is 0. The lowest BCUT2D eigenvalue weighted by atomic mass is 10.2. The molecule has 2 N–H and O–H groups in total. The molecule has 0 rings (SSSR count). The Labute approximate surface area is 108 Å².